The van der Waals surface area contributed by atoms with Gasteiger partial charge in [0, 0.05) is 15.3 Å². The zero-order valence-electron chi connectivity index (χ0n) is 11.1. The Morgan fingerprint density at radius 2 is 2.09 bits per heavy atom. The quantitative estimate of drug-likeness (QED) is 0.442. The van der Waals surface area contributed by atoms with Gasteiger partial charge in [0.25, 0.3) is 11.6 Å². The molecule has 0 heterocycles. The molecule has 22 heavy (non-hydrogen) atoms. The first-order valence-electron chi connectivity index (χ1n) is 6.08. The molecule has 2 aromatic rings. The summed E-state index contributed by atoms with van der Waals surface area (Å²) in [4.78, 5) is 22.0. The number of nitro benzene ring substituents is 1. The molecular formula is C14H10ClIN2O4. The number of carbonyl (C=O) groups is 1. The molecule has 2 aromatic carbocycles. The number of nitrogens with one attached hydrogen (secondary N) is 1. The van der Waals surface area contributed by atoms with Crippen molar-refractivity contribution < 1.29 is 14.5 Å². The lowest BCUT2D eigenvalue weighted by molar-refractivity contribution is -0.384. The second-order valence-corrected chi connectivity index (χ2v) is 5.87. The Morgan fingerprint density at radius 3 is 2.77 bits per heavy atom. The summed E-state index contributed by atoms with van der Waals surface area (Å²) in [7, 11) is 0. The number of anilines is 1. The van der Waals surface area contributed by atoms with Crippen molar-refractivity contribution in [2.75, 3.05) is 11.9 Å². The summed E-state index contributed by atoms with van der Waals surface area (Å²) < 4.78 is 6.34. The number of rotatable bonds is 5. The molecule has 0 fully saturated rings. The number of carbonyl (C=O) groups excluding carboxylic acids is 1. The van der Waals surface area contributed by atoms with E-state index >= 15 is 0 Å². The van der Waals surface area contributed by atoms with E-state index < -0.39 is 10.8 Å². The normalized spacial score (nSPS) is 10.1. The van der Waals surface area contributed by atoms with Crippen molar-refractivity contribution in [1.82, 2.24) is 0 Å². The number of nitrogens with zero attached hydrogens (tertiary/aromatic N) is 1. The Hall–Kier alpha value is -1.87. The number of halogens is 2. The molecule has 2 rings (SSSR count). The Morgan fingerprint density at radius 1 is 1.32 bits per heavy atom. The van der Waals surface area contributed by atoms with Gasteiger partial charge in [-0.15, -0.1) is 0 Å². The number of amides is 1. The molecule has 114 valence electrons. The Bertz CT molecular complexity index is 724. The summed E-state index contributed by atoms with van der Waals surface area (Å²) in [6, 6.07) is 11.3. The summed E-state index contributed by atoms with van der Waals surface area (Å²) in [6.07, 6.45) is 0. The van der Waals surface area contributed by atoms with Crippen LogP contribution in [0.1, 0.15) is 0 Å². The van der Waals surface area contributed by atoms with Gasteiger partial charge in [-0.3, -0.25) is 14.9 Å². The van der Waals surface area contributed by atoms with Crippen molar-refractivity contribution in [3.63, 3.8) is 0 Å². The molecule has 0 aliphatic rings. The molecule has 0 aromatic heterocycles. The first-order chi connectivity index (χ1) is 10.5. The van der Waals surface area contributed by atoms with Crippen LogP contribution in [0.4, 0.5) is 11.4 Å². The maximum absolute atomic E-state index is 11.8. The Labute approximate surface area is 144 Å². The molecule has 1 N–H and O–H groups in total. The van der Waals surface area contributed by atoms with Gasteiger partial charge in [-0.1, -0.05) is 17.7 Å². The smallest absolute Gasteiger partial charge is 0.289 e. The van der Waals surface area contributed by atoms with Gasteiger partial charge in [0.2, 0.25) is 0 Å². The van der Waals surface area contributed by atoms with Crippen LogP contribution in [0.3, 0.4) is 0 Å². The third-order valence-electron chi connectivity index (χ3n) is 2.59. The van der Waals surface area contributed by atoms with Crippen LogP contribution in [-0.4, -0.2) is 17.4 Å². The van der Waals surface area contributed by atoms with Gasteiger partial charge in [-0.05, 0) is 52.9 Å². The first kappa shape index (κ1) is 16.5. The lowest BCUT2D eigenvalue weighted by atomic mass is 10.3. The molecule has 0 aliphatic carbocycles. The number of benzene rings is 2. The highest BCUT2D eigenvalue weighted by atomic mass is 127. The minimum atomic E-state index is -0.611. The highest BCUT2D eigenvalue weighted by Gasteiger charge is 2.14. The summed E-state index contributed by atoms with van der Waals surface area (Å²) in [5, 5.41) is 13.3. The average Bonchev–Trinajstić information content (AvgIpc) is 2.47. The molecule has 1 amide bonds. The van der Waals surface area contributed by atoms with Gasteiger partial charge < -0.3 is 10.1 Å². The van der Waals surface area contributed by atoms with E-state index in [1.54, 1.807) is 12.1 Å². The zero-order chi connectivity index (χ0) is 16.1. The van der Waals surface area contributed by atoms with E-state index in [4.69, 9.17) is 16.3 Å². The van der Waals surface area contributed by atoms with Crippen LogP contribution < -0.4 is 10.1 Å². The molecule has 0 saturated carbocycles. The predicted molar refractivity (Wildman–Crippen MR) is 91.4 cm³/mol. The molecule has 0 bridgehead atoms. The van der Waals surface area contributed by atoms with Crippen molar-refractivity contribution >= 4 is 51.5 Å². The molecule has 0 spiro atoms. The van der Waals surface area contributed by atoms with Crippen molar-refractivity contribution in [2.24, 2.45) is 0 Å². The average molecular weight is 433 g/mol. The summed E-state index contributed by atoms with van der Waals surface area (Å²) >= 11 is 7.84. The van der Waals surface area contributed by atoms with Crippen LogP contribution in [0, 0.1) is 13.7 Å². The second kappa shape index (κ2) is 7.41. The van der Waals surface area contributed by atoms with Gasteiger partial charge in [0.05, 0.1) is 4.92 Å². The number of hydrogen-bond donors (Lipinski definition) is 1. The summed E-state index contributed by atoms with van der Waals surface area (Å²) in [5.74, 6) is 0.152. The standard InChI is InChI=1S/C14H10ClIN2O4/c15-12-5-4-10(7-13(12)18(20)21)17-14(19)8-22-11-3-1-2-9(16)6-11/h1-7H,8H2,(H,17,19). The molecule has 8 heteroatoms. The van der Waals surface area contributed by atoms with E-state index in [0.29, 0.717) is 5.75 Å². The minimum absolute atomic E-state index is 0.0121. The highest BCUT2D eigenvalue weighted by Crippen LogP contribution is 2.27. The number of ether oxygens (including phenoxy) is 1. The van der Waals surface area contributed by atoms with Gasteiger partial charge in [0.15, 0.2) is 6.61 Å². The molecule has 0 radical (unpaired) electrons. The largest absolute Gasteiger partial charge is 0.484 e. The topological polar surface area (TPSA) is 81.5 Å². The van der Waals surface area contributed by atoms with Crippen LogP contribution in [0.5, 0.6) is 5.75 Å². The third kappa shape index (κ3) is 4.57. The fourth-order valence-corrected chi connectivity index (χ4v) is 2.33. The van der Waals surface area contributed by atoms with Crippen LogP contribution >= 0.6 is 34.2 Å². The van der Waals surface area contributed by atoms with Crippen LogP contribution in [0.15, 0.2) is 42.5 Å². The van der Waals surface area contributed by atoms with Crippen molar-refractivity contribution in [1.29, 1.82) is 0 Å². The van der Waals surface area contributed by atoms with E-state index in [1.807, 2.05) is 12.1 Å². The van der Waals surface area contributed by atoms with Gasteiger partial charge in [-0.25, -0.2) is 0 Å². The highest BCUT2D eigenvalue weighted by molar-refractivity contribution is 14.1. The first-order valence-corrected chi connectivity index (χ1v) is 7.53. The monoisotopic (exact) mass is 432 g/mol. The van der Waals surface area contributed by atoms with E-state index in [-0.39, 0.29) is 23.0 Å². The fourth-order valence-electron chi connectivity index (χ4n) is 1.63. The summed E-state index contributed by atoms with van der Waals surface area (Å²) in [5.41, 5.74) is 0.0188. The molecule has 6 nitrogen and oxygen atoms in total. The molecule has 0 unspecified atom stereocenters. The van der Waals surface area contributed by atoms with Gasteiger partial charge in [-0.2, -0.15) is 0 Å². The third-order valence-corrected chi connectivity index (χ3v) is 3.58. The van der Waals surface area contributed by atoms with Crippen LogP contribution in [-0.2, 0) is 4.79 Å². The number of nitro groups is 1. The van der Waals surface area contributed by atoms with Crippen LogP contribution in [0.2, 0.25) is 5.02 Å². The van der Waals surface area contributed by atoms with Crippen molar-refractivity contribution in [3.8, 4) is 5.75 Å². The Kier molecular flexibility index (Phi) is 5.56. The van der Waals surface area contributed by atoms with E-state index in [0.717, 1.165) is 3.57 Å². The van der Waals surface area contributed by atoms with Crippen LogP contribution in [0.25, 0.3) is 0 Å². The second-order valence-electron chi connectivity index (χ2n) is 4.22. The molecule has 0 saturated heterocycles. The molecular weight excluding hydrogens is 423 g/mol. The van der Waals surface area contributed by atoms with Gasteiger partial charge >= 0.3 is 0 Å². The number of hydrogen-bond acceptors (Lipinski definition) is 4. The minimum Gasteiger partial charge on any atom is -0.484 e. The zero-order valence-corrected chi connectivity index (χ0v) is 14.0. The maximum Gasteiger partial charge on any atom is 0.289 e. The van der Waals surface area contributed by atoms with E-state index in [1.165, 1.54) is 18.2 Å². The predicted octanol–water partition coefficient (Wildman–Crippen LogP) is 3.87. The van der Waals surface area contributed by atoms with Crippen molar-refractivity contribution in [2.45, 2.75) is 0 Å². The van der Waals surface area contributed by atoms with Crippen molar-refractivity contribution in [3.05, 3.63) is 61.2 Å². The molecule has 0 aliphatic heterocycles. The molecule has 0 atom stereocenters. The Balaban J connectivity index is 1.97. The SMILES string of the molecule is O=C(COc1cccc(I)c1)Nc1ccc(Cl)c([N+](=O)[O-])c1. The lowest BCUT2D eigenvalue weighted by Crippen LogP contribution is -2.20. The summed E-state index contributed by atoms with van der Waals surface area (Å²) in [6.45, 7) is -0.198. The maximum atomic E-state index is 11.8. The lowest BCUT2D eigenvalue weighted by Gasteiger charge is -2.08. The fraction of sp³-hybridized carbons (Fsp3) is 0.0714. The van der Waals surface area contributed by atoms with E-state index in [2.05, 4.69) is 27.9 Å². The van der Waals surface area contributed by atoms with E-state index in [9.17, 15) is 14.9 Å². The van der Waals surface area contributed by atoms with Gasteiger partial charge in [0.1, 0.15) is 10.8 Å².